The van der Waals surface area contributed by atoms with E-state index in [1.807, 2.05) is 29.7 Å². The summed E-state index contributed by atoms with van der Waals surface area (Å²) in [5, 5.41) is 13.6. The number of imidazole rings is 1. The van der Waals surface area contributed by atoms with Gasteiger partial charge >= 0.3 is 6.09 Å². The number of hydrogen-bond donors (Lipinski definition) is 3. The molecule has 3 saturated carbocycles. The molecular formula is C20H23N7O3. The van der Waals surface area contributed by atoms with Crippen LogP contribution in [-0.2, 0) is 9.47 Å². The van der Waals surface area contributed by atoms with E-state index in [-0.39, 0.29) is 23.8 Å². The van der Waals surface area contributed by atoms with Crippen molar-refractivity contribution in [2.75, 3.05) is 11.9 Å². The molecule has 30 heavy (non-hydrogen) atoms. The molecule has 156 valence electrons. The third kappa shape index (κ3) is 2.98. The fraction of sp³-hybridized carbons (Fsp3) is 0.500. The van der Waals surface area contributed by atoms with Crippen LogP contribution in [0.4, 0.5) is 16.6 Å². The van der Waals surface area contributed by atoms with Crippen LogP contribution < -0.4 is 10.6 Å². The fourth-order valence-electron chi connectivity index (χ4n) is 4.74. The van der Waals surface area contributed by atoms with Crippen LogP contribution in [0.2, 0.25) is 0 Å². The van der Waals surface area contributed by atoms with Crippen molar-refractivity contribution in [2.24, 2.45) is 5.92 Å². The van der Waals surface area contributed by atoms with Crippen LogP contribution in [0.5, 0.6) is 0 Å². The highest BCUT2D eigenvalue weighted by Crippen LogP contribution is 2.56. The van der Waals surface area contributed by atoms with Gasteiger partial charge in [-0.05, 0) is 38.2 Å². The minimum atomic E-state index is -0.329. The molecule has 4 heterocycles. The topological polar surface area (TPSA) is 118 Å². The Bertz CT molecular complexity index is 1110. The molecule has 3 aromatic rings. The summed E-state index contributed by atoms with van der Waals surface area (Å²) in [6.45, 7) is 2.32. The van der Waals surface area contributed by atoms with Gasteiger partial charge in [-0.25, -0.2) is 14.8 Å². The van der Waals surface area contributed by atoms with E-state index in [2.05, 4.69) is 30.8 Å². The minimum absolute atomic E-state index is 0.0230. The minimum Gasteiger partial charge on any atom is -0.444 e. The quantitative estimate of drug-likeness (QED) is 0.593. The Balaban J connectivity index is 1.08. The summed E-state index contributed by atoms with van der Waals surface area (Å²) in [6, 6.07) is 3.74. The zero-order valence-corrected chi connectivity index (χ0v) is 16.6. The second-order valence-corrected chi connectivity index (χ2v) is 8.68. The molecular weight excluding hydrogens is 386 g/mol. The molecule has 1 amide bonds. The number of anilines is 2. The van der Waals surface area contributed by atoms with E-state index in [1.165, 1.54) is 0 Å². The van der Waals surface area contributed by atoms with Gasteiger partial charge in [0.15, 0.2) is 5.82 Å². The number of hydrogen-bond acceptors (Lipinski definition) is 7. The Hall–Kier alpha value is -3.14. The Kier molecular flexibility index (Phi) is 3.79. The first kappa shape index (κ1) is 17.7. The van der Waals surface area contributed by atoms with Crippen LogP contribution in [0.3, 0.4) is 0 Å². The maximum Gasteiger partial charge on any atom is 0.407 e. The molecule has 0 spiro atoms. The molecule has 4 fully saturated rings. The molecule has 3 aliphatic carbocycles. The van der Waals surface area contributed by atoms with Crippen LogP contribution in [-0.4, -0.2) is 48.9 Å². The lowest BCUT2D eigenvalue weighted by atomic mass is 9.50. The van der Waals surface area contributed by atoms with Crippen LogP contribution in [0.1, 0.15) is 43.2 Å². The highest BCUT2D eigenvalue weighted by molar-refractivity contribution is 5.69. The summed E-state index contributed by atoms with van der Waals surface area (Å²) in [7, 11) is 0. The van der Waals surface area contributed by atoms with Gasteiger partial charge in [0.1, 0.15) is 17.9 Å². The van der Waals surface area contributed by atoms with Crippen LogP contribution in [0, 0.1) is 12.8 Å². The van der Waals surface area contributed by atoms with Crippen molar-refractivity contribution in [1.82, 2.24) is 29.9 Å². The number of H-pyrrole nitrogens is 1. The molecule has 1 aliphatic heterocycles. The van der Waals surface area contributed by atoms with Crippen LogP contribution >= 0.6 is 0 Å². The molecule has 10 heteroatoms. The lowest BCUT2D eigenvalue weighted by molar-refractivity contribution is -0.0510. The van der Waals surface area contributed by atoms with E-state index in [9.17, 15) is 4.79 Å². The first-order valence-corrected chi connectivity index (χ1v) is 10.3. The summed E-state index contributed by atoms with van der Waals surface area (Å²) >= 11 is 0. The third-order valence-electron chi connectivity index (χ3n) is 6.33. The number of nitrogens with zero attached hydrogens (tertiary/aromatic N) is 4. The number of aromatic nitrogens is 5. The van der Waals surface area contributed by atoms with Gasteiger partial charge in [0, 0.05) is 30.4 Å². The number of aryl methyl sites for hydroxylation is 1. The molecule has 3 aromatic heterocycles. The molecule has 0 aromatic carbocycles. The first-order chi connectivity index (χ1) is 14.6. The number of rotatable bonds is 5. The molecule has 0 radical (unpaired) electrons. The van der Waals surface area contributed by atoms with E-state index in [0.717, 1.165) is 42.2 Å². The molecule has 7 rings (SSSR count). The average Bonchev–Trinajstić information content (AvgIpc) is 3.36. The summed E-state index contributed by atoms with van der Waals surface area (Å²) in [5.41, 5.74) is 2.58. The van der Waals surface area contributed by atoms with Gasteiger partial charge in [-0.3, -0.25) is 9.50 Å². The van der Waals surface area contributed by atoms with Crippen molar-refractivity contribution in [1.29, 1.82) is 0 Å². The van der Waals surface area contributed by atoms with E-state index in [1.54, 1.807) is 6.20 Å². The fourth-order valence-corrected chi connectivity index (χ4v) is 4.74. The predicted octanol–water partition coefficient (Wildman–Crippen LogP) is 2.61. The van der Waals surface area contributed by atoms with Crippen molar-refractivity contribution >= 4 is 23.5 Å². The van der Waals surface area contributed by atoms with Gasteiger partial charge in [-0.1, -0.05) is 0 Å². The van der Waals surface area contributed by atoms with Crippen LogP contribution in [0.15, 0.2) is 24.5 Å². The third-order valence-corrected chi connectivity index (χ3v) is 6.33. The Morgan fingerprint density at radius 1 is 1.40 bits per heavy atom. The predicted molar refractivity (Wildman–Crippen MR) is 106 cm³/mol. The molecule has 10 nitrogen and oxygen atoms in total. The summed E-state index contributed by atoms with van der Waals surface area (Å²) in [6.07, 6.45) is 6.72. The highest BCUT2D eigenvalue weighted by Gasteiger charge is 2.57. The van der Waals surface area contributed by atoms with Crippen molar-refractivity contribution in [3.05, 3.63) is 35.9 Å². The van der Waals surface area contributed by atoms with Gasteiger partial charge in [0.25, 0.3) is 0 Å². The number of ether oxygens (including phenoxy) is 2. The van der Waals surface area contributed by atoms with Crippen molar-refractivity contribution < 1.29 is 14.3 Å². The zero-order valence-electron chi connectivity index (χ0n) is 16.6. The standard InChI is InChI=1S/C20H23N7O3/c1-11-9-27-17(22-11)2-3-21-18(27)23-16-5-14(25-26-16)15-4-13(10-29-15)30-19(28)24-20-6-12(7-20)8-20/h2-3,5,9,12-13,15H,4,6-8,10H2,1H3,(H,24,28)(H2,21,23,25,26)/t12?,13-,15-,20?/m1/s1. The lowest BCUT2D eigenvalue weighted by Gasteiger charge is -2.61. The molecule has 1 saturated heterocycles. The van der Waals surface area contributed by atoms with E-state index in [4.69, 9.17) is 9.47 Å². The van der Waals surface area contributed by atoms with Gasteiger partial charge in [0.05, 0.1) is 18.0 Å². The van der Waals surface area contributed by atoms with Gasteiger partial charge < -0.3 is 20.1 Å². The zero-order chi connectivity index (χ0) is 20.3. The number of carbonyl (C=O) groups is 1. The SMILES string of the molecule is Cc1cn2c(Nc3cc([C@H]4C[C@@H](OC(=O)NC56CC(C5)C6)CO4)[nH]n3)nccc2n1. The number of carbonyl (C=O) groups excluding carboxylic acids is 1. The number of alkyl carbamates (subject to hydrolysis) is 1. The summed E-state index contributed by atoms with van der Waals surface area (Å²) in [5.74, 6) is 2.07. The normalized spacial score (nSPS) is 29.3. The average molecular weight is 409 g/mol. The first-order valence-electron chi connectivity index (χ1n) is 10.3. The van der Waals surface area contributed by atoms with E-state index >= 15 is 0 Å². The maximum absolute atomic E-state index is 12.2. The Morgan fingerprint density at radius 3 is 3.07 bits per heavy atom. The Morgan fingerprint density at radius 2 is 2.27 bits per heavy atom. The number of nitrogens with one attached hydrogen (secondary N) is 3. The molecule has 2 bridgehead atoms. The second kappa shape index (κ2) is 6.43. The maximum atomic E-state index is 12.2. The van der Waals surface area contributed by atoms with Gasteiger partial charge in [-0.2, -0.15) is 5.10 Å². The molecule has 0 unspecified atom stereocenters. The summed E-state index contributed by atoms with van der Waals surface area (Å²) in [4.78, 5) is 21.0. The van der Waals surface area contributed by atoms with Crippen molar-refractivity contribution in [3.63, 3.8) is 0 Å². The van der Waals surface area contributed by atoms with Crippen molar-refractivity contribution in [3.8, 4) is 0 Å². The Labute approximate surface area is 172 Å². The highest BCUT2D eigenvalue weighted by atomic mass is 16.6. The van der Waals surface area contributed by atoms with Gasteiger partial charge in [-0.15, -0.1) is 0 Å². The summed E-state index contributed by atoms with van der Waals surface area (Å²) < 4.78 is 13.3. The van der Waals surface area contributed by atoms with Crippen LogP contribution in [0.25, 0.3) is 5.65 Å². The van der Waals surface area contributed by atoms with Crippen molar-refractivity contribution in [2.45, 2.75) is 50.4 Å². The van der Waals surface area contributed by atoms with E-state index < -0.39 is 0 Å². The largest absolute Gasteiger partial charge is 0.444 e. The van der Waals surface area contributed by atoms with E-state index in [0.29, 0.717) is 24.8 Å². The molecule has 4 aliphatic rings. The number of amides is 1. The second-order valence-electron chi connectivity index (χ2n) is 8.68. The molecule has 2 atom stereocenters. The lowest BCUT2D eigenvalue weighted by Crippen LogP contribution is -2.68. The monoisotopic (exact) mass is 409 g/mol. The smallest absolute Gasteiger partial charge is 0.407 e. The van der Waals surface area contributed by atoms with Gasteiger partial charge in [0.2, 0.25) is 5.95 Å². The number of fused-ring (bicyclic) bond motifs is 1. The molecule has 3 N–H and O–H groups in total. The number of aromatic amines is 1.